The van der Waals surface area contributed by atoms with E-state index in [0.717, 1.165) is 6.42 Å². The van der Waals surface area contributed by atoms with Gasteiger partial charge in [0.1, 0.15) is 0 Å². The number of hydrogen-bond acceptors (Lipinski definition) is 4. The summed E-state index contributed by atoms with van der Waals surface area (Å²) in [7, 11) is 0. The van der Waals surface area contributed by atoms with Crippen molar-refractivity contribution in [3.8, 4) is 0 Å². The zero-order valence-corrected chi connectivity index (χ0v) is 11.1. The molecule has 0 bridgehead atoms. The summed E-state index contributed by atoms with van der Waals surface area (Å²) in [6, 6.07) is 6.38. The second kappa shape index (κ2) is 5.73. The highest BCUT2D eigenvalue weighted by atomic mass is 16.5. The van der Waals surface area contributed by atoms with Gasteiger partial charge in [-0.15, -0.1) is 0 Å². The van der Waals surface area contributed by atoms with Crippen LogP contribution in [0, 0.1) is 11.8 Å². The standard InChI is InChI=1S/C14H16N2O4/c1-8-6-10(8)14(19)20-7-12(17)16-11-5-3-2-4-9(11)13(15)18/h2-5,8,10H,6-7H2,1H3,(H2,15,18)(H,16,17)/t8-,10-/m1/s1. The first-order chi connectivity index (χ1) is 9.49. The van der Waals surface area contributed by atoms with E-state index in [9.17, 15) is 14.4 Å². The molecule has 1 aromatic carbocycles. The van der Waals surface area contributed by atoms with E-state index in [-0.39, 0.29) is 24.1 Å². The van der Waals surface area contributed by atoms with E-state index in [2.05, 4.69) is 5.32 Å². The van der Waals surface area contributed by atoms with Crippen LogP contribution in [0.1, 0.15) is 23.7 Å². The Hall–Kier alpha value is -2.37. The number of carbonyl (C=O) groups excluding carboxylic acids is 3. The van der Waals surface area contributed by atoms with Crippen molar-refractivity contribution in [2.24, 2.45) is 17.6 Å². The van der Waals surface area contributed by atoms with Crippen molar-refractivity contribution in [1.82, 2.24) is 0 Å². The third kappa shape index (κ3) is 3.34. The van der Waals surface area contributed by atoms with Crippen LogP contribution in [0.25, 0.3) is 0 Å². The highest BCUT2D eigenvalue weighted by molar-refractivity contribution is 6.03. The minimum Gasteiger partial charge on any atom is -0.455 e. The molecule has 2 atom stereocenters. The summed E-state index contributed by atoms with van der Waals surface area (Å²) < 4.78 is 4.90. The van der Waals surface area contributed by atoms with Crippen molar-refractivity contribution in [3.05, 3.63) is 29.8 Å². The van der Waals surface area contributed by atoms with E-state index < -0.39 is 11.8 Å². The number of esters is 1. The molecule has 3 N–H and O–H groups in total. The Morgan fingerprint density at radius 3 is 2.60 bits per heavy atom. The van der Waals surface area contributed by atoms with E-state index in [1.165, 1.54) is 6.07 Å². The van der Waals surface area contributed by atoms with Crippen LogP contribution in [0.3, 0.4) is 0 Å². The lowest BCUT2D eigenvalue weighted by molar-refractivity contribution is -0.148. The number of primary amides is 1. The van der Waals surface area contributed by atoms with Crippen molar-refractivity contribution in [2.75, 3.05) is 11.9 Å². The first-order valence-electron chi connectivity index (χ1n) is 6.34. The van der Waals surface area contributed by atoms with E-state index in [0.29, 0.717) is 11.6 Å². The molecule has 2 amide bonds. The maximum atomic E-state index is 11.7. The van der Waals surface area contributed by atoms with Gasteiger partial charge in [0.25, 0.3) is 11.8 Å². The first kappa shape index (κ1) is 14.0. The van der Waals surface area contributed by atoms with Crippen LogP contribution >= 0.6 is 0 Å². The molecule has 0 heterocycles. The number of anilines is 1. The van der Waals surface area contributed by atoms with Crippen molar-refractivity contribution >= 4 is 23.5 Å². The van der Waals surface area contributed by atoms with Crippen LogP contribution in [0.15, 0.2) is 24.3 Å². The number of benzene rings is 1. The molecule has 0 aromatic heterocycles. The topological polar surface area (TPSA) is 98.5 Å². The Labute approximate surface area is 116 Å². The Balaban J connectivity index is 1.88. The molecule has 0 spiro atoms. The molecule has 106 valence electrons. The van der Waals surface area contributed by atoms with E-state index in [1.54, 1.807) is 18.2 Å². The number of nitrogens with two attached hydrogens (primary N) is 1. The van der Waals surface area contributed by atoms with Gasteiger partial charge in [-0.05, 0) is 24.5 Å². The highest BCUT2D eigenvalue weighted by Gasteiger charge is 2.40. The molecule has 0 aliphatic heterocycles. The largest absolute Gasteiger partial charge is 0.455 e. The fourth-order valence-corrected chi connectivity index (χ4v) is 1.89. The van der Waals surface area contributed by atoms with E-state index in [4.69, 9.17) is 10.5 Å². The van der Waals surface area contributed by atoms with Crippen LogP contribution in [-0.2, 0) is 14.3 Å². The van der Waals surface area contributed by atoms with Gasteiger partial charge in [-0.25, -0.2) is 0 Å². The summed E-state index contributed by atoms with van der Waals surface area (Å²) in [6.45, 7) is 1.59. The second-order valence-corrected chi connectivity index (χ2v) is 4.89. The Bertz CT molecular complexity index is 556. The summed E-state index contributed by atoms with van der Waals surface area (Å²) in [5.74, 6) is -1.23. The van der Waals surface area contributed by atoms with E-state index in [1.807, 2.05) is 6.92 Å². The summed E-state index contributed by atoms with van der Waals surface area (Å²) in [5.41, 5.74) is 5.72. The van der Waals surface area contributed by atoms with Crippen molar-refractivity contribution in [1.29, 1.82) is 0 Å². The average molecular weight is 276 g/mol. The number of rotatable bonds is 5. The smallest absolute Gasteiger partial charge is 0.309 e. The average Bonchev–Trinajstić information content (AvgIpc) is 3.13. The van der Waals surface area contributed by atoms with Crippen molar-refractivity contribution < 1.29 is 19.1 Å². The molecular weight excluding hydrogens is 260 g/mol. The lowest BCUT2D eigenvalue weighted by atomic mass is 10.1. The van der Waals surface area contributed by atoms with Gasteiger partial charge in [0.05, 0.1) is 17.2 Å². The molecule has 6 heteroatoms. The molecule has 1 aromatic rings. The van der Waals surface area contributed by atoms with Crippen LogP contribution in [0.4, 0.5) is 5.69 Å². The number of amides is 2. The number of hydrogen-bond donors (Lipinski definition) is 2. The lowest BCUT2D eigenvalue weighted by Crippen LogP contribution is -2.23. The maximum Gasteiger partial charge on any atom is 0.309 e. The fourth-order valence-electron chi connectivity index (χ4n) is 1.89. The van der Waals surface area contributed by atoms with Gasteiger partial charge < -0.3 is 15.8 Å². The molecule has 1 aliphatic carbocycles. The van der Waals surface area contributed by atoms with Crippen LogP contribution in [-0.4, -0.2) is 24.4 Å². The minimum atomic E-state index is -0.635. The molecule has 0 saturated heterocycles. The van der Waals surface area contributed by atoms with Gasteiger partial charge >= 0.3 is 5.97 Å². The SMILES string of the molecule is C[C@@H]1C[C@H]1C(=O)OCC(=O)Nc1ccccc1C(N)=O. The summed E-state index contributed by atoms with van der Waals surface area (Å²) in [6.07, 6.45) is 0.810. The molecule has 1 saturated carbocycles. The summed E-state index contributed by atoms with van der Waals surface area (Å²) in [4.78, 5) is 34.3. The third-order valence-electron chi connectivity index (χ3n) is 3.22. The minimum absolute atomic E-state index is 0.0827. The number of carbonyl (C=O) groups is 3. The third-order valence-corrected chi connectivity index (χ3v) is 3.22. The number of nitrogens with one attached hydrogen (secondary N) is 1. The molecular formula is C14H16N2O4. The van der Waals surface area contributed by atoms with Gasteiger partial charge in [-0.3, -0.25) is 14.4 Å². The molecule has 0 radical (unpaired) electrons. The van der Waals surface area contributed by atoms with Crippen LogP contribution in [0.5, 0.6) is 0 Å². The fraction of sp³-hybridized carbons (Fsp3) is 0.357. The predicted octanol–water partition coefficient (Wildman–Crippen LogP) is 0.923. The Morgan fingerprint density at radius 2 is 2.00 bits per heavy atom. The zero-order valence-electron chi connectivity index (χ0n) is 11.1. The maximum absolute atomic E-state index is 11.7. The Morgan fingerprint density at radius 1 is 1.35 bits per heavy atom. The Kier molecular flexibility index (Phi) is 4.02. The quantitative estimate of drug-likeness (QED) is 0.781. The van der Waals surface area contributed by atoms with Gasteiger partial charge in [-0.1, -0.05) is 19.1 Å². The van der Waals surface area contributed by atoms with Crippen LogP contribution in [0.2, 0.25) is 0 Å². The second-order valence-electron chi connectivity index (χ2n) is 4.89. The normalized spacial score (nSPS) is 20.1. The number of ether oxygens (including phenoxy) is 1. The highest BCUT2D eigenvalue weighted by Crippen LogP contribution is 2.38. The summed E-state index contributed by atoms with van der Waals surface area (Å²) in [5, 5.41) is 2.50. The van der Waals surface area contributed by atoms with E-state index >= 15 is 0 Å². The monoisotopic (exact) mass is 276 g/mol. The molecule has 2 rings (SSSR count). The van der Waals surface area contributed by atoms with Gasteiger partial charge in [0.2, 0.25) is 0 Å². The van der Waals surface area contributed by atoms with Crippen molar-refractivity contribution in [3.63, 3.8) is 0 Å². The van der Waals surface area contributed by atoms with Crippen LogP contribution < -0.4 is 11.1 Å². The zero-order chi connectivity index (χ0) is 14.7. The van der Waals surface area contributed by atoms with Gasteiger partial charge in [-0.2, -0.15) is 0 Å². The molecule has 1 fully saturated rings. The molecule has 6 nitrogen and oxygen atoms in total. The van der Waals surface area contributed by atoms with Gasteiger partial charge in [0, 0.05) is 0 Å². The molecule has 0 unspecified atom stereocenters. The predicted molar refractivity (Wildman–Crippen MR) is 71.8 cm³/mol. The molecule has 1 aliphatic rings. The molecule has 20 heavy (non-hydrogen) atoms. The number of para-hydroxylation sites is 1. The lowest BCUT2D eigenvalue weighted by Gasteiger charge is -2.09. The first-order valence-corrected chi connectivity index (χ1v) is 6.34. The van der Waals surface area contributed by atoms with Gasteiger partial charge in [0.15, 0.2) is 6.61 Å². The van der Waals surface area contributed by atoms with Crippen molar-refractivity contribution in [2.45, 2.75) is 13.3 Å². The summed E-state index contributed by atoms with van der Waals surface area (Å²) >= 11 is 0.